The molecule has 0 radical (unpaired) electrons. The summed E-state index contributed by atoms with van der Waals surface area (Å²) in [6.45, 7) is 4.44. The molecule has 6 heteroatoms. The molecule has 2 unspecified atom stereocenters. The number of amides is 2. The van der Waals surface area contributed by atoms with Crippen LogP contribution >= 0.6 is 0 Å². The van der Waals surface area contributed by atoms with E-state index in [1.165, 1.54) is 0 Å². The van der Waals surface area contributed by atoms with E-state index in [4.69, 9.17) is 10.5 Å². The normalized spacial score (nSPS) is 24.5. The number of carbonyl (C=O) groups excluding carboxylic acids is 2. The van der Waals surface area contributed by atoms with Gasteiger partial charge in [-0.1, -0.05) is 0 Å². The molecule has 4 N–H and O–H groups in total. The van der Waals surface area contributed by atoms with Crippen molar-refractivity contribution in [1.29, 1.82) is 0 Å². The molecule has 1 aliphatic rings. The number of hydrogen-bond donors (Lipinski definition) is 3. The second-order valence-electron chi connectivity index (χ2n) is 4.25. The Balaban J connectivity index is 2.27. The van der Waals surface area contributed by atoms with Crippen molar-refractivity contribution >= 4 is 11.8 Å². The lowest BCUT2D eigenvalue weighted by Crippen LogP contribution is -2.45. The highest BCUT2D eigenvalue weighted by Crippen LogP contribution is 2.10. The summed E-state index contributed by atoms with van der Waals surface area (Å²) in [7, 11) is 0. The van der Waals surface area contributed by atoms with E-state index in [1.54, 1.807) is 0 Å². The largest absolute Gasteiger partial charge is 0.379 e. The van der Waals surface area contributed by atoms with E-state index in [0.717, 1.165) is 0 Å². The first-order valence-electron chi connectivity index (χ1n) is 5.41. The first kappa shape index (κ1) is 12.9. The van der Waals surface area contributed by atoms with Gasteiger partial charge in [0.25, 0.3) is 0 Å². The highest BCUT2D eigenvalue weighted by Gasteiger charge is 2.31. The summed E-state index contributed by atoms with van der Waals surface area (Å²) >= 11 is 0. The molecule has 0 spiro atoms. The summed E-state index contributed by atoms with van der Waals surface area (Å²) < 4.78 is 5.08. The molecular formula is C10H19N3O3. The maximum absolute atomic E-state index is 11.6. The molecule has 1 rings (SSSR count). The van der Waals surface area contributed by atoms with Crippen molar-refractivity contribution in [2.75, 3.05) is 19.8 Å². The lowest BCUT2D eigenvalue weighted by atomic mass is 10.0. The first-order valence-corrected chi connectivity index (χ1v) is 5.41. The van der Waals surface area contributed by atoms with Gasteiger partial charge in [0.1, 0.15) is 0 Å². The number of hydrogen-bond acceptors (Lipinski definition) is 4. The third kappa shape index (κ3) is 3.79. The van der Waals surface area contributed by atoms with Crippen LogP contribution in [0.25, 0.3) is 0 Å². The van der Waals surface area contributed by atoms with Crippen molar-refractivity contribution in [2.45, 2.75) is 25.9 Å². The Bertz CT molecular complexity index is 268. The predicted molar refractivity (Wildman–Crippen MR) is 58.6 cm³/mol. The lowest BCUT2D eigenvalue weighted by molar-refractivity contribution is -0.128. The maximum Gasteiger partial charge on any atom is 0.239 e. The molecule has 16 heavy (non-hydrogen) atoms. The molecule has 1 heterocycles. The van der Waals surface area contributed by atoms with E-state index in [1.807, 2.05) is 13.8 Å². The number of nitrogens with two attached hydrogens (primary N) is 1. The zero-order valence-electron chi connectivity index (χ0n) is 9.66. The predicted octanol–water partition coefficient (Wildman–Crippen LogP) is -1.40. The van der Waals surface area contributed by atoms with Gasteiger partial charge in [-0.05, 0) is 13.8 Å². The molecule has 6 nitrogen and oxygen atoms in total. The van der Waals surface area contributed by atoms with E-state index < -0.39 is 0 Å². The van der Waals surface area contributed by atoms with Crippen LogP contribution in [0, 0.1) is 5.92 Å². The summed E-state index contributed by atoms with van der Waals surface area (Å²) in [5, 5.41) is 5.23. The van der Waals surface area contributed by atoms with E-state index in [2.05, 4.69) is 10.6 Å². The first-order chi connectivity index (χ1) is 7.50. The smallest absolute Gasteiger partial charge is 0.239 e. The maximum atomic E-state index is 11.6. The van der Waals surface area contributed by atoms with Gasteiger partial charge < -0.3 is 21.1 Å². The van der Waals surface area contributed by atoms with Crippen LogP contribution in [0.2, 0.25) is 0 Å². The molecule has 92 valence electrons. The molecule has 0 aliphatic carbocycles. The van der Waals surface area contributed by atoms with Crippen LogP contribution in [0.5, 0.6) is 0 Å². The summed E-state index contributed by atoms with van der Waals surface area (Å²) in [5.74, 6) is -0.758. The second-order valence-corrected chi connectivity index (χ2v) is 4.25. The minimum atomic E-state index is -0.341. The fourth-order valence-electron chi connectivity index (χ4n) is 1.51. The molecular weight excluding hydrogens is 210 g/mol. The molecule has 1 fully saturated rings. The Morgan fingerprint density at radius 3 is 2.62 bits per heavy atom. The van der Waals surface area contributed by atoms with Gasteiger partial charge in [-0.2, -0.15) is 0 Å². The third-order valence-corrected chi connectivity index (χ3v) is 2.33. The Morgan fingerprint density at radius 1 is 1.44 bits per heavy atom. The Labute approximate surface area is 94.9 Å². The fourth-order valence-corrected chi connectivity index (χ4v) is 1.51. The SMILES string of the molecule is CC(C)NC(=O)CNC(=O)C1COCC1N. The highest BCUT2D eigenvalue weighted by atomic mass is 16.5. The topological polar surface area (TPSA) is 93.5 Å². The molecule has 0 aromatic carbocycles. The summed E-state index contributed by atoms with van der Waals surface area (Å²) in [6.07, 6.45) is 0. The van der Waals surface area contributed by atoms with Crippen LogP contribution in [0.1, 0.15) is 13.8 Å². The van der Waals surface area contributed by atoms with Crippen molar-refractivity contribution in [3.63, 3.8) is 0 Å². The molecule has 0 aromatic rings. The van der Waals surface area contributed by atoms with Gasteiger partial charge in [-0.3, -0.25) is 9.59 Å². The molecule has 1 saturated heterocycles. The van der Waals surface area contributed by atoms with Crippen molar-refractivity contribution in [1.82, 2.24) is 10.6 Å². The summed E-state index contributed by atoms with van der Waals surface area (Å²) in [4.78, 5) is 22.9. The zero-order valence-corrected chi connectivity index (χ0v) is 9.66. The molecule has 2 atom stereocenters. The van der Waals surface area contributed by atoms with E-state index >= 15 is 0 Å². The van der Waals surface area contributed by atoms with Crippen molar-refractivity contribution < 1.29 is 14.3 Å². The van der Waals surface area contributed by atoms with Gasteiger partial charge in [0.2, 0.25) is 11.8 Å². The number of carbonyl (C=O) groups is 2. The minimum Gasteiger partial charge on any atom is -0.379 e. The molecule has 0 bridgehead atoms. The van der Waals surface area contributed by atoms with Crippen molar-refractivity contribution in [3.8, 4) is 0 Å². The summed E-state index contributed by atoms with van der Waals surface area (Å²) in [6, 6.07) is -0.199. The van der Waals surface area contributed by atoms with Crippen LogP contribution < -0.4 is 16.4 Å². The Kier molecular flexibility index (Phi) is 4.70. The van der Waals surface area contributed by atoms with Crippen LogP contribution in [-0.2, 0) is 14.3 Å². The average molecular weight is 229 g/mol. The number of ether oxygens (including phenoxy) is 1. The van der Waals surface area contributed by atoms with Crippen molar-refractivity contribution in [2.24, 2.45) is 11.7 Å². The lowest BCUT2D eigenvalue weighted by Gasteiger charge is -2.14. The van der Waals surface area contributed by atoms with Gasteiger partial charge in [0.15, 0.2) is 0 Å². The van der Waals surface area contributed by atoms with Gasteiger partial charge >= 0.3 is 0 Å². The molecule has 2 amide bonds. The molecule has 1 aliphatic heterocycles. The molecule has 0 saturated carbocycles. The zero-order chi connectivity index (χ0) is 12.1. The van der Waals surface area contributed by atoms with E-state index in [9.17, 15) is 9.59 Å². The van der Waals surface area contributed by atoms with Gasteiger partial charge in [0, 0.05) is 12.1 Å². The van der Waals surface area contributed by atoms with Crippen LogP contribution in [-0.4, -0.2) is 43.7 Å². The van der Waals surface area contributed by atoms with Crippen LogP contribution in [0.4, 0.5) is 0 Å². The van der Waals surface area contributed by atoms with Gasteiger partial charge in [0.05, 0.1) is 25.7 Å². The quantitative estimate of drug-likeness (QED) is 0.553. The fraction of sp³-hybridized carbons (Fsp3) is 0.800. The van der Waals surface area contributed by atoms with Crippen LogP contribution in [0.15, 0.2) is 0 Å². The highest BCUT2D eigenvalue weighted by molar-refractivity contribution is 5.86. The second kappa shape index (κ2) is 5.81. The van der Waals surface area contributed by atoms with Gasteiger partial charge in [-0.25, -0.2) is 0 Å². The van der Waals surface area contributed by atoms with E-state index in [-0.39, 0.29) is 36.4 Å². The standard InChI is InChI=1S/C10H19N3O3/c1-6(2)13-9(14)3-12-10(15)7-4-16-5-8(7)11/h6-8H,3-5,11H2,1-2H3,(H,12,15)(H,13,14). The van der Waals surface area contributed by atoms with E-state index in [0.29, 0.717) is 13.2 Å². The number of nitrogens with one attached hydrogen (secondary N) is 2. The number of rotatable bonds is 4. The monoisotopic (exact) mass is 229 g/mol. The van der Waals surface area contributed by atoms with Crippen LogP contribution in [0.3, 0.4) is 0 Å². The summed E-state index contributed by atoms with van der Waals surface area (Å²) in [5.41, 5.74) is 5.68. The Hall–Kier alpha value is -1.14. The third-order valence-electron chi connectivity index (χ3n) is 2.33. The minimum absolute atomic E-state index is 0.0137. The Morgan fingerprint density at radius 2 is 2.12 bits per heavy atom. The average Bonchev–Trinajstić information content (AvgIpc) is 2.60. The molecule has 0 aromatic heterocycles. The van der Waals surface area contributed by atoms with Gasteiger partial charge in [-0.15, -0.1) is 0 Å². The van der Waals surface area contributed by atoms with Crippen molar-refractivity contribution in [3.05, 3.63) is 0 Å².